The largest absolute Gasteiger partial charge is 0.444 e. The third kappa shape index (κ3) is 5.75. The smallest absolute Gasteiger partial charge is 0.407 e. The second kappa shape index (κ2) is 8.04. The average Bonchev–Trinajstić information content (AvgIpc) is 3.34. The maximum atomic E-state index is 12.8. The van der Waals surface area contributed by atoms with Crippen LogP contribution < -0.4 is 10.6 Å². The maximum absolute atomic E-state index is 12.8. The lowest BCUT2D eigenvalue weighted by Gasteiger charge is -2.21. The molecule has 2 aromatic rings. The first-order valence-corrected chi connectivity index (χ1v) is 9.79. The van der Waals surface area contributed by atoms with Gasteiger partial charge in [-0.15, -0.1) is 10.2 Å². The Kier molecular flexibility index (Phi) is 5.74. The minimum atomic E-state index is -0.597. The summed E-state index contributed by atoms with van der Waals surface area (Å²) < 4.78 is 5.26. The molecule has 1 fully saturated rings. The Balaban J connectivity index is 1.67. The molecule has 0 spiro atoms. The van der Waals surface area contributed by atoms with Crippen molar-refractivity contribution in [2.24, 2.45) is 0 Å². The number of aromatic nitrogens is 2. The number of anilines is 1. The van der Waals surface area contributed by atoms with E-state index in [0.717, 1.165) is 23.4 Å². The Morgan fingerprint density at radius 1 is 1.22 bits per heavy atom. The first-order valence-electron chi connectivity index (χ1n) is 8.98. The highest BCUT2D eigenvalue weighted by Crippen LogP contribution is 2.42. The van der Waals surface area contributed by atoms with Crippen LogP contribution in [0.25, 0.3) is 0 Å². The van der Waals surface area contributed by atoms with Crippen LogP contribution in [0.1, 0.15) is 56.0 Å². The van der Waals surface area contributed by atoms with Crippen molar-refractivity contribution in [1.82, 2.24) is 15.5 Å². The van der Waals surface area contributed by atoms with Gasteiger partial charge >= 0.3 is 6.09 Å². The van der Waals surface area contributed by atoms with Gasteiger partial charge in [-0.1, -0.05) is 41.7 Å². The summed E-state index contributed by atoms with van der Waals surface area (Å²) in [6.07, 6.45) is 1.72. The number of nitrogens with zero attached hydrogens (tertiary/aromatic N) is 2. The molecule has 1 aromatic heterocycles. The minimum Gasteiger partial charge on any atom is -0.444 e. The standard InChI is InChI=1S/C19H24N4O3S/c1-19(2,3)26-18(25)20-11-14(12-7-5-4-6-8-12)15(24)21-17-23-22-16(27-17)13-9-10-13/h4-8,13-14H,9-11H2,1-3H3,(H,20,25)(H,21,23,24)/t14-/m1/s1. The van der Waals surface area contributed by atoms with Crippen LogP contribution in [0.5, 0.6) is 0 Å². The number of ether oxygens (including phenoxy) is 1. The van der Waals surface area contributed by atoms with E-state index in [-0.39, 0.29) is 12.5 Å². The van der Waals surface area contributed by atoms with Gasteiger partial charge < -0.3 is 10.1 Å². The first-order chi connectivity index (χ1) is 12.8. The molecule has 27 heavy (non-hydrogen) atoms. The van der Waals surface area contributed by atoms with Gasteiger partial charge in [0.2, 0.25) is 11.0 Å². The molecular weight excluding hydrogens is 364 g/mol. The van der Waals surface area contributed by atoms with Gasteiger partial charge in [0.05, 0.1) is 5.92 Å². The molecular formula is C19H24N4O3S. The highest BCUT2D eigenvalue weighted by atomic mass is 32.1. The quantitative estimate of drug-likeness (QED) is 0.788. The molecule has 0 aliphatic heterocycles. The summed E-state index contributed by atoms with van der Waals surface area (Å²) in [5, 5.41) is 15.2. The summed E-state index contributed by atoms with van der Waals surface area (Å²) in [6.45, 7) is 5.50. The lowest BCUT2D eigenvalue weighted by molar-refractivity contribution is -0.117. The Morgan fingerprint density at radius 3 is 2.56 bits per heavy atom. The third-order valence-corrected chi connectivity index (χ3v) is 4.97. The van der Waals surface area contributed by atoms with E-state index in [1.54, 1.807) is 20.8 Å². The van der Waals surface area contributed by atoms with Crippen LogP contribution in [0.4, 0.5) is 9.93 Å². The first kappa shape index (κ1) is 19.3. The topological polar surface area (TPSA) is 93.2 Å². The lowest BCUT2D eigenvalue weighted by atomic mass is 9.98. The highest BCUT2D eigenvalue weighted by molar-refractivity contribution is 7.15. The predicted octanol–water partition coefficient (Wildman–Crippen LogP) is 3.66. The van der Waals surface area contributed by atoms with Crippen molar-refractivity contribution in [3.05, 3.63) is 40.9 Å². The summed E-state index contributed by atoms with van der Waals surface area (Å²) in [5.41, 5.74) is 0.207. The molecule has 0 radical (unpaired) electrons. The van der Waals surface area contributed by atoms with E-state index in [4.69, 9.17) is 4.74 Å². The fourth-order valence-corrected chi connectivity index (χ4v) is 3.44. The lowest BCUT2D eigenvalue weighted by Crippen LogP contribution is -2.37. The van der Waals surface area contributed by atoms with Crippen LogP contribution in [-0.4, -0.2) is 34.3 Å². The number of benzene rings is 1. The van der Waals surface area contributed by atoms with Crippen molar-refractivity contribution in [2.45, 2.75) is 51.0 Å². The van der Waals surface area contributed by atoms with Crippen molar-refractivity contribution in [2.75, 3.05) is 11.9 Å². The van der Waals surface area contributed by atoms with Crippen LogP contribution >= 0.6 is 11.3 Å². The van der Waals surface area contributed by atoms with Gasteiger partial charge in [-0.05, 0) is 39.2 Å². The van der Waals surface area contributed by atoms with Gasteiger partial charge in [0.1, 0.15) is 10.6 Å². The second-order valence-electron chi connectivity index (χ2n) is 7.56. The highest BCUT2D eigenvalue weighted by Gasteiger charge is 2.29. The number of nitrogens with one attached hydrogen (secondary N) is 2. The van der Waals surface area contributed by atoms with Crippen LogP contribution in [0.2, 0.25) is 0 Å². The van der Waals surface area contributed by atoms with E-state index in [2.05, 4.69) is 20.8 Å². The number of alkyl carbamates (subject to hydrolysis) is 1. The third-order valence-electron chi connectivity index (χ3n) is 3.97. The molecule has 8 heteroatoms. The van der Waals surface area contributed by atoms with E-state index in [0.29, 0.717) is 11.0 Å². The molecule has 1 saturated carbocycles. The van der Waals surface area contributed by atoms with E-state index in [1.165, 1.54) is 11.3 Å². The Morgan fingerprint density at radius 2 is 1.93 bits per heavy atom. The van der Waals surface area contributed by atoms with Gasteiger partial charge in [0.15, 0.2) is 0 Å². The molecule has 2 amide bonds. The predicted molar refractivity (Wildman–Crippen MR) is 104 cm³/mol. The monoisotopic (exact) mass is 388 g/mol. The zero-order chi connectivity index (χ0) is 19.4. The van der Waals surface area contributed by atoms with Gasteiger partial charge in [0.25, 0.3) is 0 Å². The summed E-state index contributed by atoms with van der Waals surface area (Å²) in [7, 11) is 0. The average molecular weight is 388 g/mol. The number of carbonyl (C=O) groups is 2. The number of hydrogen-bond acceptors (Lipinski definition) is 6. The maximum Gasteiger partial charge on any atom is 0.407 e. The fraction of sp³-hybridized carbons (Fsp3) is 0.474. The Labute approximate surface area is 162 Å². The number of hydrogen-bond donors (Lipinski definition) is 2. The Bertz CT molecular complexity index is 797. The number of amides is 2. The van der Waals surface area contributed by atoms with Gasteiger partial charge in [-0.25, -0.2) is 4.79 Å². The second-order valence-corrected chi connectivity index (χ2v) is 8.56. The van der Waals surface area contributed by atoms with Crippen LogP contribution in [0.15, 0.2) is 30.3 Å². The molecule has 1 aliphatic rings. The fourth-order valence-electron chi connectivity index (χ4n) is 2.52. The summed E-state index contributed by atoms with van der Waals surface area (Å²) in [4.78, 5) is 24.8. The minimum absolute atomic E-state index is 0.124. The van der Waals surface area contributed by atoms with Gasteiger partial charge in [-0.2, -0.15) is 0 Å². The van der Waals surface area contributed by atoms with E-state index >= 15 is 0 Å². The normalized spacial score (nSPS) is 15.1. The number of rotatable bonds is 6. The van der Waals surface area contributed by atoms with Crippen LogP contribution in [-0.2, 0) is 9.53 Å². The van der Waals surface area contributed by atoms with Crippen molar-refractivity contribution >= 4 is 28.5 Å². The van der Waals surface area contributed by atoms with Crippen LogP contribution in [0, 0.1) is 0 Å². The zero-order valence-electron chi connectivity index (χ0n) is 15.7. The van der Waals surface area contributed by atoms with E-state index in [9.17, 15) is 9.59 Å². The van der Waals surface area contributed by atoms with E-state index < -0.39 is 17.6 Å². The molecule has 1 atom stereocenters. The van der Waals surface area contributed by atoms with Crippen molar-refractivity contribution in [3.8, 4) is 0 Å². The van der Waals surface area contributed by atoms with E-state index in [1.807, 2.05) is 30.3 Å². The van der Waals surface area contributed by atoms with Gasteiger partial charge in [-0.3, -0.25) is 10.1 Å². The zero-order valence-corrected chi connectivity index (χ0v) is 16.5. The summed E-state index contributed by atoms with van der Waals surface area (Å²) >= 11 is 1.41. The summed E-state index contributed by atoms with van der Waals surface area (Å²) in [6, 6.07) is 9.32. The Hall–Kier alpha value is -2.48. The SMILES string of the molecule is CC(C)(C)OC(=O)NC[C@@H](C(=O)Nc1nnc(C2CC2)s1)c1ccccc1. The van der Waals surface area contributed by atoms with Crippen molar-refractivity contribution < 1.29 is 14.3 Å². The van der Waals surface area contributed by atoms with Crippen molar-refractivity contribution in [1.29, 1.82) is 0 Å². The molecule has 0 bridgehead atoms. The molecule has 144 valence electrons. The van der Waals surface area contributed by atoms with Gasteiger partial charge in [0, 0.05) is 12.5 Å². The number of carbonyl (C=O) groups excluding carboxylic acids is 2. The molecule has 1 heterocycles. The molecule has 2 N–H and O–H groups in total. The molecule has 0 saturated heterocycles. The van der Waals surface area contributed by atoms with Crippen molar-refractivity contribution in [3.63, 3.8) is 0 Å². The molecule has 1 aromatic carbocycles. The molecule has 7 nitrogen and oxygen atoms in total. The van der Waals surface area contributed by atoms with Crippen LogP contribution in [0.3, 0.4) is 0 Å². The molecule has 1 aliphatic carbocycles. The summed E-state index contributed by atoms with van der Waals surface area (Å²) in [5.74, 6) is -0.311. The molecule has 3 rings (SSSR count). The molecule has 0 unspecified atom stereocenters.